The van der Waals surface area contributed by atoms with Crippen molar-refractivity contribution < 1.29 is 10.2 Å². The van der Waals surface area contributed by atoms with Crippen molar-refractivity contribution in [2.24, 2.45) is 11.5 Å². The Labute approximate surface area is 132 Å². The van der Waals surface area contributed by atoms with Crippen LogP contribution in [0.1, 0.15) is 29.6 Å². The molecule has 4 nitrogen and oxygen atoms in total. The highest BCUT2D eigenvalue weighted by Gasteiger charge is 2.20. The highest BCUT2D eigenvalue weighted by atomic mass is 35.5. The van der Waals surface area contributed by atoms with E-state index in [2.05, 4.69) is 0 Å². The van der Waals surface area contributed by atoms with E-state index in [1.807, 2.05) is 0 Å². The first-order chi connectivity index (χ1) is 9.90. The Balaban J connectivity index is 2.22. The second kappa shape index (κ2) is 6.54. The van der Waals surface area contributed by atoms with Gasteiger partial charge in [0, 0.05) is 23.2 Å². The van der Waals surface area contributed by atoms with Gasteiger partial charge in [-0.25, -0.2) is 0 Å². The van der Waals surface area contributed by atoms with E-state index in [4.69, 9.17) is 34.7 Å². The molecule has 2 aromatic rings. The second-order valence-electron chi connectivity index (χ2n) is 4.83. The molecule has 2 atom stereocenters. The standard InChI is InChI=1S/C15H16Cl2N2O2/c16-10-5-8(20)6-11(17)15(10)13(19)7-12(18)9-3-1-2-4-14(9)21/h1-6,12-13,20-21H,7,18-19H2. The third-order valence-electron chi connectivity index (χ3n) is 3.28. The van der Waals surface area contributed by atoms with Gasteiger partial charge < -0.3 is 21.7 Å². The van der Waals surface area contributed by atoms with Gasteiger partial charge in [0.15, 0.2) is 0 Å². The lowest BCUT2D eigenvalue weighted by atomic mass is 9.95. The molecule has 6 N–H and O–H groups in total. The van der Waals surface area contributed by atoms with Crippen molar-refractivity contribution in [1.29, 1.82) is 0 Å². The second-order valence-corrected chi connectivity index (χ2v) is 5.64. The highest BCUT2D eigenvalue weighted by Crippen LogP contribution is 2.37. The summed E-state index contributed by atoms with van der Waals surface area (Å²) in [5, 5.41) is 19.8. The quantitative estimate of drug-likeness (QED) is 0.691. The number of para-hydroxylation sites is 1. The van der Waals surface area contributed by atoms with E-state index in [0.29, 0.717) is 17.5 Å². The summed E-state index contributed by atoms with van der Waals surface area (Å²) in [5.41, 5.74) is 13.4. The van der Waals surface area contributed by atoms with Gasteiger partial charge in [0.1, 0.15) is 11.5 Å². The Morgan fingerprint density at radius 3 is 2.10 bits per heavy atom. The molecule has 0 saturated carbocycles. The highest BCUT2D eigenvalue weighted by molar-refractivity contribution is 6.36. The summed E-state index contributed by atoms with van der Waals surface area (Å²) >= 11 is 12.2. The van der Waals surface area contributed by atoms with Crippen LogP contribution in [0.15, 0.2) is 36.4 Å². The Kier molecular flexibility index (Phi) is 4.96. The van der Waals surface area contributed by atoms with Crippen molar-refractivity contribution in [3.8, 4) is 11.5 Å². The number of phenols is 2. The van der Waals surface area contributed by atoms with Crippen LogP contribution in [-0.4, -0.2) is 10.2 Å². The molecule has 21 heavy (non-hydrogen) atoms. The number of nitrogens with two attached hydrogens (primary N) is 2. The molecule has 0 fully saturated rings. The van der Waals surface area contributed by atoms with Gasteiger partial charge in [0.2, 0.25) is 0 Å². The molecular weight excluding hydrogens is 311 g/mol. The monoisotopic (exact) mass is 326 g/mol. The minimum Gasteiger partial charge on any atom is -0.508 e. The molecule has 0 aromatic heterocycles. The molecule has 2 rings (SSSR count). The first kappa shape index (κ1) is 15.9. The lowest BCUT2D eigenvalue weighted by Crippen LogP contribution is -2.20. The maximum absolute atomic E-state index is 9.80. The fourth-order valence-corrected chi connectivity index (χ4v) is 3.00. The normalized spacial score (nSPS) is 13.9. The Bertz CT molecular complexity index is 626. The predicted octanol–water partition coefficient (Wildman–Crippen LogP) is 3.49. The van der Waals surface area contributed by atoms with Crippen LogP contribution in [0.3, 0.4) is 0 Å². The molecule has 112 valence electrons. The molecule has 0 aliphatic rings. The zero-order valence-corrected chi connectivity index (χ0v) is 12.6. The van der Waals surface area contributed by atoms with Crippen LogP contribution in [0.4, 0.5) is 0 Å². The smallest absolute Gasteiger partial charge is 0.120 e. The molecule has 6 heteroatoms. The lowest BCUT2D eigenvalue weighted by Gasteiger charge is -2.20. The van der Waals surface area contributed by atoms with Crippen LogP contribution in [0.2, 0.25) is 10.0 Å². The van der Waals surface area contributed by atoms with Gasteiger partial charge in [0.05, 0.1) is 10.0 Å². The first-order valence-electron chi connectivity index (χ1n) is 6.37. The van der Waals surface area contributed by atoms with Crippen LogP contribution in [0, 0.1) is 0 Å². The Hall–Kier alpha value is -1.46. The fraction of sp³-hybridized carbons (Fsp3) is 0.200. The molecule has 0 heterocycles. The van der Waals surface area contributed by atoms with Crippen molar-refractivity contribution in [2.45, 2.75) is 18.5 Å². The largest absolute Gasteiger partial charge is 0.508 e. The number of benzene rings is 2. The summed E-state index contributed by atoms with van der Waals surface area (Å²) in [7, 11) is 0. The zero-order chi connectivity index (χ0) is 15.6. The molecule has 2 unspecified atom stereocenters. The average Bonchev–Trinajstić information content (AvgIpc) is 2.37. The fourth-order valence-electron chi connectivity index (χ4n) is 2.24. The van der Waals surface area contributed by atoms with Crippen molar-refractivity contribution in [2.75, 3.05) is 0 Å². The van der Waals surface area contributed by atoms with Crippen LogP contribution >= 0.6 is 23.2 Å². The summed E-state index contributed by atoms with van der Waals surface area (Å²) in [6.45, 7) is 0. The summed E-state index contributed by atoms with van der Waals surface area (Å²) in [6.07, 6.45) is 0.349. The van der Waals surface area contributed by atoms with Crippen molar-refractivity contribution in [3.05, 3.63) is 57.6 Å². The number of hydrogen-bond donors (Lipinski definition) is 4. The lowest BCUT2D eigenvalue weighted by molar-refractivity contribution is 0.452. The van der Waals surface area contributed by atoms with E-state index < -0.39 is 12.1 Å². The zero-order valence-electron chi connectivity index (χ0n) is 11.1. The van der Waals surface area contributed by atoms with Crippen LogP contribution in [-0.2, 0) is 0 Å². The maximum atomic E-state index is 9.80. The molecule has 0 aliphatic carbocycles. The molecule has 0 radical (unpaired) electrons. The first-order valence-corrected chi connectivity index (χ1v) is 7.12. The van der Waals surface area contributed by atoms with Gasteiger partial charge in [-0.3, -0.25) is 0 Å². The molecule has 0 amide bonds. The molecule has 0 bridgehead atoms. The average molecular weight is 327 g/mol. The number of rotatable bonds is 4. The third kappa shape index (κ3) is 3.60. The summed E-state index contributed by atoms with van der Waals surface area (Å²) in [4.78, 5) is 0. The molecule has 0 aliphatic heterocycles. The van der Waals surface area contributed by atoms with Gasteiger partial charge >= 0.3 is 0 Å². The van der Waals surface area contributed by atoms with Gasteiger partial charge in [-0.1, -0.05) is 41.4 Å². The summed E-state index contributed by atoms with van der Waals surface area (Å²) in [5.74, 6) is 0.103. The third-order valence-corrected chi connectivity index (χ3v) is 3.90. The number of hydrogen-bond acceptors (Lipinski definition) is 4. The number of aromatic hydroxyl groups is 2. The van der Waals surface area contributed by atoms with E-state index in [9.17, 15) is 10.2 Å². The van der Waals surface area contributed by atoms with E-state index in [-0.39, 0.29) is 21.5 Å². The minimum atomic E-state index is -0.514. The van der Waals surface area contributed by atoms with Gasteiger partial charge in [-0.2, -0.15) is 0 Å². The van der Waals surface area contributed by atoms with Gasteiger partial charge in [-0.05, 0) is 24.6 Å². The molecular formula is C15H16Cl2N2O2. The minimum absolute atomic E-state index is 0.0223. The van der Waals surface area contributed by atoms with Crippen molar-refractivity contribution in [3.63, 3.8) is 0 Å². The summed E-state index contributed by atoms with van der Waals surface area (Å²) < 4.78 is 0. The van der Waals surface area contributed by atoms with Crippen molar-refractivity contribution >= 4 is 23.2 Å². The van der Waals surface area contributed by atoms with Crippen LogP contribution in [0.5, 0.6) is 11.5 Å². The molecule has 0 spiro atoms. The maximum Gasteiger partial charge on any atom is 0.120 e. The van der Waals surface area contributed by atoms with Crippen molar-refractivity contribution in [1.82, 2.24) is 0 Å². The van der Waals surface area contributed by atoms with Crippen LogP contribution in [0.25, 0.3) is 0 Å². The predicted molar refractivity (Wildman–Crippen MR) is 84.7 cm³/mol. The van der Waals surface area contributed by atoms with Gasteiger partial charge in [0.25, 0.3) is 0 Å². The molecule has 2 aromatic carbocycles. The number of halogens is 2. The van der Waals surface area contributed by atoms with E-state index >= 15 is 0 Å². The summed E-state index contributed by atoms with van der Waals surface area (Å²) in [6, 6.07) is 8.62. The Morgan fingerprint density at radius 2 is 1.52 bits per heavy atom. The van der Waals surface area contributed by atoms with E-state index in [1.54, 1.807) is 24.3 Å². The molecule has 0 saturated heterocycles. The van der Waals surface area contributed by atoms with Gasteiger partial charge in [-0.15, -0.1) is 0 Å². The van der Waals surface area contributed by atoms with E-state index in [0.717, 1.165) is 0 Å². The van der Waals surface area contributed by atoms with E-state index in [1.165, 1.54) is 12.1 Å². The topological polar surface area (TPSA) is 92.5 Å². The SMILES string of the molecule is NC(CC(N)c1c(Cl)cc(O)cc1Cl)c1ccccc1O. The number of phenolic OH excluding ortho intramolecular Hbond substituents is 2. The van der Waals surface area contributed by atoms with Crippen LogP contribution < -0.4 is 11.5 Å². The Morgan fingerprint density at radius 1 is 0.952 bits per heavy atom.